The number of carbonyl (C=O) groups is 3. The van der Waals surface area contributed by atoms with E-state index in [9.17, 15) is 14.4 Å². The lowest BCUT2D eigenvalue weighted by Gasteiger charge is -2.34. The summed E-state index contributed by atoms with van der Waals surface area (Å²) in [6.07, 6.45) is 3.44. The number of hydrogen-bond acceptors (Lipinski definition) is 3. The van der Waals surface area contributed by atoms with E-state index >= 15 is 0 Å². The molecular formula is C19H22Cl2N2O3. The molecule has 1 aromatic rings. The Morgan fingerprint density at radius 1 is 1.00 bits per heavy atom. The number of imide groups is 1. The van der Waals surface area contributed by atoms with Gasteiger partial charge in [-0.3, -0.25) is 19.3 Å². The molecule has 2 heterocycles. The number of nitrogens with zero attached hydrogens (tertiary/aromatic N) is 2. The van der Waals surface area contributed by atoms with Gasteiger partial charge in [-0.05, 0) is 43.7 Å². The van der Waals surface area contributed by atoms with Crippen LogP contribution >= 0.6 is 23.2 Å². The Balaban J connectivity index is 1.95. The van der Waals surface area contributed by atoms with Gasteiger partial charge in [0.15, 0.2) is 0 Å². The van der Waals surface area contributed by atoms with Crippen molar-refractivity contribution in [1.82, 2.24) is 9.80 Å². The van der Waals surface area contributed by atoms with Gasteiger partial charge in [0, 0.05) is 13.1 Å². The monoisotopic (exact) mass is 396 g/mol. The third-order valence-corrected chi connectivity index (χ3v) is 5.64. The Morgan fingerprint density at radius 2 is 1.50 bits per heavy atom. The van der Waals surface area contributed by atoms with E-state index in [2.05, 4.69) is 0 Å². The summed E-state index contributed by atoms with van der Waals surface area (Å²) in [5.41, 5.74) is 0.425. The van der Waals surface area contributed by atoms with Gasteiger partial charge in [-0.1, -0.05) is 37.0 Å². The van der Waals surface area contributed by atoms with Gasteiger partial charge >= 0.3 is 0 Å². The van der Waals surface area contributed by atoms with Gasteiger partial charge in [0.1, 0.15) is 6.04 Å². The summed E-state index contributed by atoms with van der Waals surface area (Å²) < 4.78 is 0. The number of halogens is 2. The van der Waals surface area contributed by atoms with Gasteiger partial charge in [-0.25, -0.2) is 0 Å². The maximum atomic E-state index is 13.1. The fourth-order valence-corrected chi connectivity index (χ4v) is 3.95. The van der Waals surface area contributed by atoms with E-state index in [0.717, 1.165) is 24.2 Å². The highest BCUT2D eigenvalue weighted by Gasteiger charge is 2.44. The fraction of sp³-hybridized carbons (Fsp3) is 0.526. The molecule has 1 saturated heterocycles. The summed E-state index contributed by atoms with van der Waals surface area (Å²) in [7, 11) is 0. The van der Waals surface area contributed by atoms with E-state index in [-0.39, 0.29) is 33.0 Å². The van der Waals surface area contributed by atoms with Crippen LogP contribution in [0.4, 0.5) is 0 Å². The lowest BCUT2D eigenvalue weighted by Crippen LogP contribution is -2.52. The molecule has 0 N–H and O–H groups in total. The summed E-state index contributed by atoms with van der Waals surface area (Å²) >= 11 is 12.0. The molecule has 1 aromatic carbocycles. The highest BCUT2D eigenvalue weighted by atomic mass is 35.5. The average molecular weight is 397 g/mol. The molecule has 26 heavy (non-hydrogen) atoms. The average Bonchev–Trinajstić information content (AvgIpc) is 2.84. The Bertz CT molecular complexity index is 716. The number of amides is 3. The van der Waals surface area contributed by atoms with Crippen molar-refractivity contribution in [2.45, 2.75) is 45.6 Å². The molecule has 0 spiro atoms. The van der Waals surface area contributed by atoms with Gasteiger partial charge in [-0.2, -0.15) is 0 Å². The minimum absolute atomic E-state index is 0.148. The van der Waals surface area contributed by atoms with Crippen LogP contribution < -0.4 is 0 Å². The third-order valence-electron chi connectivity index (χ3n) is 4.92. The predicted octanol–water partition coefficient (Wildman–Crippen LogP) is 4.02. The fourth-order valence-electron chi connectivity index (χ4n) is 3.62. The Kier molecular flexibility index (Phi) is 5.58. The van der Waals surface area contributed by atoms with Gasteiger partial charge in [0.2, 0.25) is 5.91 Å². The van der Waals surface area contributed by atoms with Crippen LogP contribution in [0, 0.1) is 5.92 Å². The molecule has 2 aliphatic heterocycles. The lowest BCUT2D eigenvalue weighted by atomic mass is 10.00. The SMILES string of the molecule is CC(C)CC(C(=O)N1CCCCC1)N1C(=O)c2cc(Cl)c(Cl)cc2C1=O. The zero-order chi connectivity index (χ0) is 19.0. The molecule has 7 heteroatoms. The molecule has 1 atom stereocenters. The van der Waals surface area contributed by atoms with E-state index in [1.165, 1.54) is 12.1 Å². The molecule has 5 nitrogen and oxygen atoms in total. The van der Waals surface area contributed by atoms with Gasteiger partial charge < -0.3 is 4.90 Å². The van der Waals surface area contributed by atoms with Crippen LogP contribution in [0.5, 0.6) is 0 Å². The van der Waals surface area contributed by atoms with Crippen molar-refractivity contribution in [2.24, 2.45) is 5.92 Å². The topological polar surface area (TPSA) is 57.7 Å². The predicted molar refractivity (Wildman–Crippen MR) is 101 cm³/mol. The Hall–Kier alpha value is -1.59. The number of hydrogen-bond donors (Lipinski definition) is 0. The van der Waals surface area contributed by atoms with Crippen LogP contribution in [-0.4, -0.2) is 46.7 Å². The molecule has 0 bridgehead atoms. The van der Waals surface area contributed by atoms with Crippen LogP contribution in [-0.2, 0) is 4.79 Å². The normalized spacial score (nSPS) is 18.5. The third kappa shape index (κ3) is 3.47. The van der Waals surface area contributed by atoms with Crippen LogP contribution in [0.3, 0.4) is 0 Å². The van der Waals surface area contributed by atoms with Crippen LogP contribution in [0.25, 0.3) is 0 Å². The number of rotatable bonds is 4. The summed E-state index contributed by atoms with van der Waals surface area (Å²) in [6.45, 7) is 5.30. The number of likely N-dealkylation sites (tertiary alicyclic amines) is 1. The Labute approximate surface area is 163 Å². The first-order valence-electron chi connectivity index (χ1n) is 8.97. The molecule has 3 amide bonds. The second-order valence-electron chi connectivity index (χ2n) is 7.32. The minimum Gasteiger partial charge on any atom is -0.341 e. The molecule has 1 unspecified atom stereocenters. The van der Waals surface area contributed by atoms with Crippen molar-refractivity contribution in [3.63, 3.8) is 0 Å². The zero-order valence-electron chi connectivity index (χ0n) is 14.9. The first-order valence-corrected chi connectivity index (χ1v) is 9.72. The second-order valence-corrected chi connectivity index (χ2v) is 8.14. The molecule has 0 aliphatic carbocycles. The van der Waals surface area contributed by atoms with Crippen LogP contribution in [0.1, 0.15) is 60.2 Å². The van der Waals surface area contributed by atoms with Crippen molar-refractivity contribution in [2.75, 3.05) is 13.1 Å². The van der Waals surface area contributed by atoms with Crippen LogP contribution in [0.15, 0.2) is 12.1 Å². The van der Waals surface area contributed by atoms with Crippen molar-refractivity contribution in [1.29, 1.82) is 0 Å². The number of benzene rings is 1. The van der Waals surface area contributed by atoms with E-state index < -0.39 is 17.9 Å². The van der Waals surface area contributed by atoms with E-state index in [0.29, 0.717) is 19.5 Å². The van der Waals surface area contributed by atoms with Crippen LogP contribution in [0.2, 0.25) is 10.0 Å². The van der Waals surface area contributed by atoms with Gasteiger partial charge in [0.05, 0.1) is 21.2 Å². The summed E-state index contributed by atoms with van der Waals surface area (Å²) in [5, 5.41) is 0.437. The quantitative estimate of drug-likeness (QED) is 0.722. The largest absolute Gasteiger partial charge is 0.341 e. The summed E-state index contributed by atoms with van der Waals surface area (Å²) in [5.74, 6) is -0.936. The number of carbonyl (C=O) groups excluding carboxylic acids is 3. The first-order chi connectivity index (χ1) is 12.3. The van der Waals surface area contributed by atoms with E-state index in [1.54, 1.807) is 4.90 Å². The Morgan fingerprint density at radius 3 is 1.96 bits per heavy atom. The minimum atomic E-state index is -0.793. The smallest absolute Gasteiger partial charge is 0.262 e. The van der Waals surface area contributed by atoms with E-state index in [1.807, 2.05) is 13.8 Å². The van der Waals surface area contributed by atoms with E-state index in [4.69, 9.17) is 23.2 Å². The maximum Gasteiger partial charge on any atom is 0.262 e. The van der Waals surface area contributed by atoms with Crippen molar-refractivity contribution in [3.8, 4) is 0 Å². The van der Waals surface area contributed by atoms with Crippen molar-refractivity contribution < 1.29 is 14.4 Å². The maximum absolute atomic E-state index is 13.1. The molecule has 2 aliphatic rings. The highest BCUT2D eigenvalue weighted by Crippen LogP contribution is 2.34. The van der Waals surface area contributed by atoms with Crippen molar-refractivity contribution in [3.05, 3.63) is 33.3 Å². The van der Waals surface area contributed by atoms with Gasteiger partial charge in [0.25, 0.3) is 11.8 Å². The first kappa shape index (κ1) is 19.2. The molecule has 140 valence electrons. The summed E-state index contributed by atoms with van der Waals surface area (Å²) in [4.78, 5) is 41.8. The second kappa shape index (κ2) is 7.57. The summed E-state index contributed by atoms with van der Waals surface area (Å²) in [6, 6.07) is 2.03. The highest BCUT2D eigenvalue weighted by molar-refractivity contribution is 6.43. The number of fused-ring (bicyclic) bond motifs is 1. The standard InChI is InChI=1S/C19H22Cl2N2O3/c1-11(2)8-16(19(26)22-6-4-3-5-7-22)23-17(24)12-9-14(20)15(21)10-13(12)18(23)25/h9-11,16H,3-8H2,1-2H3. The molecule has 3 rings (SSSR count). The molecule has 0 aromatic heterocycles. The molecular weight excluding hydrogens is 375 g/mol. The van der Waals surface area contributed by atoms with Gasteiger partial charge in [-0.15, -0.1) is 0 Å². The van der Waals surface area contributed by atoms with Crippen molar-refractivity contribution >= 4 is 40.9 Å². The number of piperidine rings is 1. The lowest BCUT2D eigenvalue weighted by molar-refractivity contribution is -0.136. The molecule has 1 fully saturated rings. The molecule has 0 radical (unpaired) electrons. The molecule has 0 saturated carbocycles. The zero-order valence-corrected chi connectivity index (χ0v) is 16.4.